The number of anilines is 1. The predicted molar refractivity (Wildman–Crippen MR) is 88.3 cm³/mol. The van der Waals surface area contributed by atoms with Crippen molar-refractivity contribution < 1.29 is 9.84 Å². The van der Waals surface area contributed by atoms with Crippen molar-refractivity contribution in [1.82, 2.24) is 24.6 Å². The number of aryl methyl sites for hydroxylation is 1. The second-order valence-electron chi connectivity index (χ2n) is 6.28. The quantitative estimate of drug-likeness (QED) is 0.838. The van der Waals surface area contributed by atoms with Gasteiger partial charge in [-0.05, 0) is 13.0 Å². The highest BCUT2D eigenvalue weighted by molar-refractivity contribution is 5.44. The molecule has 0 amide bonds. The molecule has 2 aliphatic heterocycles. The summed E-state index contributed by atoms with van der Waals surface area (Å²) in [6.45, 7) is 6.51. The van der Waals surface area contributed by atoms with Gasteiger partial charge in [0.2, 0.25) is 0 Å². The van der Waals surface area contributed by atoms with E-state index in [9.17, 15) is 5.11 Å². The molecule has 0 aliphatic carbocycles. The van der Waals surface area contributed by atoms with Gasteiger partial charge < -0.3 is 14.7 Å². The van der Waals surface area contributed by atoms with Crippen molar-refractivity contribution in [3.8, 4) is 5.82 Å². The first-order valence-electron chi connectivity index (χ1n) is 8.31. The molecule has 2 unspecified atom stereocenters. The minimum atomic E-state index is -0.371. The first-order valence-corrected chi connectivity index (χ1v) is 8.31. The second kappa shape index (κ2) is 6.46. The normalized spacial score (nSPS) is 25.3. The van der Waals surface area contributed by atoms with Crippen molar-refractivity contribution in [2.75, 3.05) is 44.3 Å². The molecule has 1 N–H and O–H groups in total. The van der Waals surface area contributed by atoms with Crippen LogP contribution in [0, 0.1) is 6.92 Å². The lowest BCUT2D eigenvalue weighted by Crippen LogP contribution is -2.53. The Morgan fingerprint density at radius 1 is 1.12 bits per heavy atom. The summed E-state index contributed by atoms with van der Waals surface area (Å²) in [5.41, 5.74) is 0. The van der Waals surface area contributed by atoms with E-state index in [0.717, 1.165) is 43.6 Å². The van der Waals surface area contributed by atoms with Crippen LogP contribution in [0.25, 0.3) is 5.82 Å². The molecular formula is C16H22N6O2. The molecule has 0 saturated carbocycles. The molecule has 2 saturated heterocycles. The molecule has 2 fully saturated rings. The van der Waals surface area contributed by atoms with E-state index in [1.54, 1.807) is 10.9 Å². The van der Waals surface area contributed by atoms with Crippen LogP contribution in [0.5, 0.6) is 0 Å². The van der Waals surface area contributed by atoms with E-state index in [4.69, 9.17) is 4.74 Å². The summed E-state index contributed by atoms with van der Waals surface area (Å²) in [4.78, 5) is 13.6. The van der Waals surface area contributed by atoms with Gasteiger partial charge in [0.15, 0.2) is 5.82 Å². The monoisotopic (exact) mass is 330 g/mol. The Bertz CT molecular complexity index is 684. The molecule has 0 aromatic carbocycles. The van der Waals surface area contributed by atoms with Gasteiger partial charge >= 0.3 is 0 Å². The molecule has 2 atom stereocenters. The predicted octanol–water partition coefficient (Wildman–Crippen LogP) is -0.148. The molecule has 4 rings (SSSR count). The standard InChI is InChI=1S/C16H22N6O2/c1-12-18-15(9-16(19-12)22-4-2-3-17-22)21-7-5-20(6-8-21)13-10-24-11-14(13)23/h2-4,9,13-14,23H,5-8,10-11H2,1H3. The van der Waals surface area contributed by atoms with Crippen LogP contribution in [0.4, 0.5) is 5.82 Å². The van der Waals surface area contributed by atoms with Gasteiger partial charge in [-0.25, -0.2) is 14.6 Å². The molecule has 0 radical (unpaired) electrons. The highest BCUT2D eigenvalue weighted by Gasteiger charge is 2.33. The van der Waals surface area contributed by atoms with Crippen LogP contribution < -0.4 is 4.90 Å². The molecule has 8 heteroatoms. The molecule has 24 heavy (non-hydrogen) atoms. The van der Waals surface area contributed by atoms with E-state index < -0.39 is 0 Å². The zero-order chi connectivity index (χ0) is 16.5. The zero-order valence-corrected chi connectivity index (χ0v) is 13.7. The van der Waals surface area contributed by atoms with Gasteiger partial charge in [-0.1, -0.05) is 0 Å². The lowest BCUT2D eigenvalue weighted by Gasteiger charge is -2.38. The van der Waals surface area contributed by atoms with E-state index in [2.05, 4.69) is 24.9 Å². The fraction of sp³-hybridized carbons (Fsp3) is 0.562. The SMILES string of the molecule is Cc1nc(N2CCN(C3COCC3O)CC2)cc(-n2cccn2)n1. The maximum Gasteiger partial charge on any atom is 0.159 e. The van der Waals surface area contributed by atoms with Gasteiger partial charge in [0, 0.05) is 44.6 Å². The van der Waals surface area contributed by atoms with E-state index >= 15 is 0 Å². The van der Waals surface area contributed by atoms with Gasteiger partial charge in [-0.2, -0.15) is 5.10 Å². The topological polar surface area (TPSA) is 79.5 Å². The van der Waals surface area contributed by atoms with Crippen molar-refractivity contribution in [3.63, 3.8) is 0 Å². The van der Waals surface area contributed by atoms with Crippen LogP contribution in [0.15, 0.2) is 24.5 Å². The van der Waals surface area contributed by atoms with E-state index in [1.165, 1.54) is 0 Å². The van der Waals surface area contributed by atoms with Crippen LogP contribution in [-0.4, -0.2) is 81.3 Å². The minimum absolute atomic E-state index is 0.124. The van der Waals surface area contributed by atoms with Gasteiger partial charge in [0.25, 0.3) is 0 Å². The van der Waals surface area contributed by atoms with Crippen molar-refractivity contribution in [2.45, 2.75) is 19.1 Å². The molecule has 2 aromatic heterocycles. The smallest absolute Gasteiger partial charge is 0.159 e. The van der Waals surface area contributed by atoms with Crippen LogP contribution in [-0.2, 0) is 4.74 Å². The fourth-order valence-electron chi connectivity index (χ4n) is 3.38. The third kappa shape index (κ3) is 3.00. The Morgan fingerprint density at radius 3 is 2.58 bits per heavy atom. The van der Waals surface area contributed by atoms with Gasteiger partial charge in [0.05, 0.1) is 25.4 Å². The average molecular weight is 330 g/mol. The largest absolute Gasteiger partial charge is 0.389 e. The Labute approximate surface area is 140 Å². The van der Waals surface area contributed by atoms with Crippen molar-refractivity contribution >= 4 is 5.82 Å². The first kappa shape index (κ1) is 15.5. The zero-order valence-electron chi connectivity index (χ0n) is 13.7. The van der Waals surface area contributed by atoms with Crippen LogP contribution in [0.1, 0.15) is 5.82 Å². The lowest BCUT2D eigenvalue weighted by molar-refractivity contribution is 0.0784. The number of aromatic nitrogens is 4. The molecule has 2 aromatic rings. The molecule has 0 bridgehead atoms. The Kier molecular flexibility index (Phi) is 4.17. The van der Waals surface area contributed by atoms with Crippen LogP contribution >= 0.6 is 0 Å². The summed E-state index contributed by atoms with van der Waals surface area (Å²) in [7, 11) is 0. The maximum absolute atomic E-state index is 9.99. The molecule has 4 heterocycles. The second-order valence-corrected chi connectivity index (χ2v) is 6.28. The summed E-state index contributed by atoms with van der Waals surface area (Å²) in [6.07, 6.45) is 3.25. The fourth-order valence-corrected chi connectivity index (χ4v) is 3.38. The summed E-state index contributed by atoms with van der Waals surface area (Å²) in [6, 6.07) is 3.98. The third-order valence-corrected chi connectivity index (χ3v) is 4.68. The number of aliphatic hydroxyl groups is 1. The van der Waals surface area contributed by atoms with E-state index in [0.29, 0.717) is 13.2 Å². The number of piperazine rings is 1. The molecular weight excluding hydrogens is 308 g/mol. The number of nitrogens with zero attached hydrogens (tertiary/aromatic N) is 6. The van der Waals surface area contributed by atoms with E-state index in [-0.39, 0.29) is 12.1 Å². The first-order chi connectivity index (χ1) is 11.7. The number of hydrogen-bond acceptors (Lipinski definition) is 7. The van der Waals surface area contributed by atoms with Gasteiger partial charge in [-0.3, -0.25) is 4.90 Å². The summed E-state index contributed by atoms with van der Waals surface area (Å²) in [5.74, 6) is 2.44. The summed E-state index contributed by atoms with van der Waals surface area (Å²) < 4.78 is 7.12. The van der Waals surface area contributed by atoms with E-state index in [1.807, 2.05) is 25.3 Å². The molecule has 0 spiro atoms. The van der Waals surface area contributed by atoms with Crippen molar-refractivity contribution in [2.24, 2.45) is 0 Å². The van der Waals surface area contributed by atoms with Crippen LogP contribution in [0.2, 0.25) is 0 Å². The Hall–Kier alpha value is -2.03. The number of aliphatic hydroxyl groups excluding tert-OH is 1. The maximum atomic E-state index is 9.99. The lowest BCUT2D eigenvalue weighted by atomic mass is 10.1. The minimum Gasteiger partial charge on any atom is -0.389 e. The Morgan fingerprint density at radius 2 is 1.92 bits per heavy atom. The summed E-state index contributed by atoms with van der Waals surface area (Å²) in [5, 5.41) is 14.2. The van der Waals surface area contributed by atoms with Crippen molar-refractivity contribution in [1.29, 1.82) is 0 Å². The highest BCUT2D eigenvalue weighted by atomic mass is 16.5. The number of hydrogen-bond donors (Lipinski definition) is 1. The number of rotatable bonds is 3. The van der Waals surface area contributed by atoms with Gasteiger partial charge in [0.1, 0.15) is 11.6 Å². The van der Waals surface area contributed by atoms with Crippen molar-refractivity contribution in [3.05, 3.63) is 30.4 Å². The summed E-state index contributed by atoms with van der Waals surface area (Å²) >= 11 is 0. The molecule has 8 nitrogen and oxygen atoms in total. The molecule has 128 valence electrons. The third-order valence-electron chi connectivity index (χ3n) is 4.68. The van der Waals surface area contributed by atoms with Gasteiger partial charge in [-0.15, -0.1) is 0 Å². The highest BCUT2D eigenvalue weighted by Crippen LogP contribution is 2.20. The Balaban J connectivity index is 1.47. The van der Waals surface area contributed by atoms with Crippen LogP contribution in [0.3, 0.4) is 0 Å². The average Bonchev–Trinajstić information content (AvgIpc) is 3.26. The molecule has 2 aliphatic rings. The number of ether oxygens (including phenoxy) is 1.